The predicted octanol–water partition coefficient (Wildman–Crippen LogP) is 14.2. The minimum absolute atomic E-state index is 0.0607. The molecule has 0 N–H and O–H groups in total. The van der Waals surface area contributed by atoms with Gasteiger partial charge >= 0.3 is 0 Å². The van der Waals surface area contributed by atoms with Crippen LogP contribution in [0, 0.1) is 13.8 Å². The Morgan fingerprint density at radius 3 is 1.45 bits per heavy atom. The van der Waals surface area contributed by atoms with Crippen LogP contribution in [0.25, 0.3) is 39.0 Å². The smallest absolute Gasteiger partial charge is 0.0726 e. The number of rotatable bonds is 4. The lowest BCUT2D eigenvalue weighted by atomic mass is 9.70. The topological polar surface area (TPSA) is 3.24 Å². The van der Waals surface area contributed by atoms with Crippen molar-refractivity contribution in [1.82, 2.24) is 0 Å². The van der Waals surface area contributed by atoms with E-state index in [1.165, 1.54) is 100 Å². The molecule has 1 nitrogen and oxygen atoms in total. The maximum Gasteiger partial charge on any atom is 0.0726 e. The third kappa shape index (κ3) is 4.36. The largest absolute Gasteiger partial charge is 0.310 e. The molecule has 264 valence electrons. The van der Waals surface area contributed by atoms with Gasteiger partial charge in [-0.2, -0.15) is 0 Å². The summed E-state index contributed by atoms with van der Waals surface area (Å²) in [4.78, 5) is 2.51. The van der Waals surface area contributed by atoms with E-state index in [0.717, 1.165) is 18.5 Å². The van der Waals surface area contributed by atoms with Gasteiger partial charge in [0, 0.05) is 22.5 Å². The lowest BCUT2D eigenvalue weighted by Crippen LogP contribution is -2.26. The molecule has 4 aliphatic rings. The van der Waals surface area contributed by atoms with E-state index in [1.807, 2.05) is 0 Å². The Morgan fingerprint density at radius 1 is 0.400 bits per heavy atom. The summed E-state index contributed by atoms with van der Waals surface area (Å²) in [7, 11) is 0. The fourth-order valence-corrected chi connectivity index (χ4v) is 10.7. The van der Waals surface area contributed by atoms with Crippen molar-refractivity contribution in [2.45, 2.75) is 51.4 Å². The highest BCUT2D eigenvalue weighted by atomic mass is 15.1. The first-order valence-electron chi connectivity index (χ1n) is 19.8. The average Bonchev–Trinajstić information content (AvgIpc) is 3.77. The number of hydrogen-bond donors (Lipinski definition) is 0. The Hall–Kier alpha value is -6.18. The van der Waals surface area contributed by atoms with Gasteiger partial charge in [0.1, 0.15) is 0 Å². The molecular formula is C54H43N. The average molecular weight is 706 g/mol. The highest BCUT2D eigenvalue weighted by Crippen LogP contribution is 2.63. The van der Waals surface area contributed by atoms with Crippen molar-refractivity contribution in [2.75, 3.05) is 4.90 Å². The van der Waals surface area contributed by atoms with Gasteiger partial charge in [-0.1, -0.05) is 141 Å². The van der Waals surface area contributed by atoms with E-state index in [-0.39, 0.29) is 5.41 Å². The third-order valence-electron chi connectivity index (χ3n) is 13.2. The molecule has 0 saturated carbocycles. The quantitative estimate of drug-likeness (QED) is 0.176. The molecule has 55 heavy (non-hydrogen) atoms. The number of hydrogen-bond acceptors (Lipinski definition) is 1. The molecule has 1 heteroatoms. The summed E-state index contributed by atoms with van der Waals surface area (Å²) in [6.45, 7) is 9.29. The van der Waals surface area contributed by atoms with Gasteiger partial charge in [0.2, 0.25) is 0 Å². The van der Waals surface area contributed by atoms with Crippen LogP contribution in [-0.2, 0) is 10.8 Å². The van der Waals surface area contributed by atoms with Gasteiger partial charge in [-0.3, -0.25) is 0 Å². The fourth-order valence-electron chi connectivity index (χ4n) is 10.7. The first-order chi connectivity index (χ1) is 26.9. The molecule has 1 spiro atoms. The van der Waals surface area contributed by atoms with Crippen LogP contribution in [-0.4, -0.2) is 0 Å². The highest BCUT2D eigenvalue weighted by molar-refractivity contribution is 5.97. The zero-order valence-electron chi connectivity index (χ0n) is 31.9. The summed E-state index contributed by atoms with van der Waals surface area (Å²) in [6, 6.07) is 57.6. The molecular weight excluding hydrogens is 663 g/mol. The standard InChI is InChI=1S/C54H43N/c1-34-15-5-6-16-39(34)40-28-25-36(31-35(40)2)55(37-26-29-45-41-17-7-11-21-47(41)53(3,4)51(45)32-37)38-27-30-46-44-20-10-14-24-50(44)54(52(46)33-38)48-22-12-8-18-42(48)43-19-9-13-23-49(43)54/h5-6,8-10,12-33H,7,11H2,1-4H3. The van der Waals surface area contributed by atoms with Gasteiger partial charge in [-0.05, 0) is 152 Å². The van der Waals surface area contributed by atoms with E-state index < -0.39 is 5.41 Å². The Balaban J connectivity index is 1.16. The van der Waals surface area contributed by atoms with E-state index in [9.17, 15) is 0 Å². The van der Waals surface area contributed by atoms with Gasteiger partial charge in [-0.25, -0.2) is 0 Å². The molecule has 0 aromatic heterocycles. The van der Waals surface area contributed by atoms with E-state index >= 15 is 0 Å². The molecule has 0 bridgehead atoms. The van der Waals surface area contributed by atoms with Gasteiger partial charge < -0.3 is 4.90 Å². The fraction of sp³-hybridized carbons (Fsp3) is 0.148. The SMILES string of the molecule is Cc1ccccc1-c1ccc(N(c2ccc3c(c2)C(C)(C)C2=CCCC=C23)c2ccc3c(c2)C2(c4ccccc4-c4ccccc42)c2ccccc2-3)cc1C. The Kier molecular flexibility index (Phi) is 6.84. The van der Waals surface area contributed by atoms with Crippen LogP contribution in [0.5, 0.6) is 0 Å². The second kappa shape index (κ2) is 11.7. The third-order valence-corrected chi connectivity index (χ3v) is 13.2. The number of fused-ring (bicyclic) bond motifs is 13. The van der Waals surface area contributed by atoms with Crippen molar-refractivity contribution in [1.29, 1.82) is 0 Å². The monoisotopic (exact) mass is 705 g/mol. The van der Waals surface area contributed by atoms with Crippen LogP contribution in [0.15, 0.2) is 169 Å². The first-order valence-corrected chi connectivity index (χ1v) is 19.8. The molecule has 0 radical (unpaired) electrons. The lowest BCUT2D eigenvalue weighted by Gasteiger charge is -2.32. The summed E-state index contributed by atoms with van der Waals surface area (Å²) >= 11 is 0. The predicted molar refractivity (Wildman–Crippen MR) is 231 cm³/mol. The molecule has 0 heterocycles. The van der Waals surface area contributed by atoms with Crippen LogP contribution in [0.3, 0.4) is 0 Å². The van der Waals surface area contributed by atoms with Crippen molar-refractivity contribution in [2.24, 2.45) is 0 Å². The Bertz CT molecular complexity index is 2760. The zero-order valence-corrected chi connectivity index (χ0v) is 31.9. The molecule has 0 atom stereocenters. The molecule has 0 fully saturated rings. The molecule has 0 amide bonds. The normalized spacial score (nSPS) is 16.0. The van der Waals surface area contributed by atoms with Gasteiger partial charge in [0.05, 0.1) is 5.41 Å². The number of anilines is 3. The van der Waals surface area contributed by atoms with Crippen LogP contribution in [0.4, 0.5) is 17.1 Å². The van der Waals surface area contributed by atoms with Crippen LogP contribution in [0.2, 0.25) is 0 Å². The summed E-state index contributed by atoms with van der Waals surface area (Å²) in [5.41, 5.74) is 24.6. The lowest BCUT2D eigenvalue weighted by molar-refractivity contribution is 0.654. The Labute approximate surface area is 325 Å². The van der Waals surface area contributed by atoms with Crippen molar-refractivity contribution in [3.8, 4) is 33.4 Å². The molecule has 7 aromatic rings. The minimum atomic E-state index is -0.403. The maximum absolute atomic E-state index is 2.52. The molecule has 0 aliphatic heterocycles. The van der Waals surface area contributed by atoms with Crippen LogP contribution >= 0.6 is 0 Å². The van der Waals surface area contributed by atoms with Gasteiger partial charge in [-0.15, -0.1) is 0 Å². The van der Waals surface area contributed by atoms with E-state index in [2.05, 4.69) is 196 Å². The van der Waals surface area contributed by atoms with E-state index in [1.54, 1.807) is 0 Å². The Morgan fingerprint density at radius 2 is 0.855 bits per heavy atom. The van der Waals surface area contributed by atoms with Crippen LogP contribution in [0.1, 0.15) is 71.2 Å². The van der Waals surface area contributed by atoms with Crippen molar-refractivity contribution in [3.05, 3.63) is 214 Å². The summed E-state index contributed by atoms with van der Waals surface area (Å²) in [5.74, 6) is 0. The first kappa shape index (κ1) is 32.3. The van der Waals surface area contributed by atoms with E-state index in [0.29, 0.717) is 0 Å². The second-order valence-corrected chi connectivity index (χ2v) is 16.4. The molecule has 11 rings (SSSR count). The van der Waals surface area contributed by atoms with Crippen molar-refractivity contribution >= 4 is 22.6 Å². The maximum atomic E-state index is 2.52. The number of aryl methyl sites for hydroxylation is 2. The number of benzene rings is 7. The molecule has 4 aliphatic carbocycles. The highest BCUT2D eigenvalue weighted by Gasteiger charge is 2.51. The number of nitrogens with zero attached hydrogens (tertiary/aromatic N) is 1. The zero-order chi connectivity index (χ0) is 37.1. The second-order valence-electron chi connectivity index (χ2n) is 16.4. The summed E-state index contributed by atoms with van der Waals surface area (Å²) in [5, 5.41) is 0. The van der Waals surface area contributed by atoms with E-state index in [4.69, 9.17) is 0 Å². The molecule has 0 unspecified atom stereocenters. The number of allylic oxidation sites excluding steroid dienone is 4. The van der Waals surface area contributed by atoms with Crippen LogP contribution < -0.4 is 4.90 Å². The van der Waals surface area contributed by atoms with Gasteiger partial charge in [0.25, 0.3) is 0 Å². The molecule has 0 saturated heterocycles. The summed E-state index contributed by atoms with van der Waals surface area (Å²) < 4.78 is 0. The van der Waals surface area contributed by atoms with Gasteiger partial charge in [0.15, 0.2) is 0 Å². The summed E-state index contributed by atoms with van der Waals surface area (Å²) in [6.07, 6.45) is 7.17. The minimum Gasteiger partial charge on any atom is -0.310 e. The van der Waals surface area contributed by atoms with Crippen molar-refractivity contribution < 1.29 is 0 Å². The van der Waals surface area contributed by atoms with Crippen molar-refractivity contribution in [3.63, 3.8) is 0 Å². The molecule has 7 aromatic carbocycles.